The topological polar surface area (TPSA) is 124 Å². The number of nitrogens with one attached hydrogen (secondary N) is 2. The van der Waals surface area contributed by atoms with Gasteiger partial charge < -0.3 is 20.3 Å². The molecule has 1 saturated carbocycles. The standard InChI is InChI=1S/C28H31F2N5O4/c29-28(30)14-21(15-31)35(18-28)25(36)17-34-27(38)23-10-11-32-16-24(23)19-6-8-22(9-7-19)39-13-12-33-26(37)20-4-2-1-3-5-20/h6-11,16,20-21H,1-5,12-14,17-18H2,(H,33,37)(H,34,38). The number of likely N-dealkylation sites (tertiary alicyclic amines) is 1. The summed E-state index contributed by atoms with van der Waals surface area (Å²) in [7, 11) is 0. The number of halogens is 2. The molecule has 1 aliphatic carbocycles. The zero-order valence-corrected chi connectivity index (χ0v) is 21.5. The van der Waals surface area contributed by atoms with E-state index in [1.54, 1.807) is 30.3 Å². The van der Waals surface area contributed by atoms with Crippen LogP contribution in [0.2, 0.25) is 0 Å². The largest absolute Gasteiger partial charge is 0.492 e. The van der Waals surface area contributed by atoms with E-state index in [1.165, 1.54) is 24.9 Å². The van der Waals surface area contributed by atoms with E-state index in [4.69, 9.17) is 10.00 Å². The Hall–Kier alpha value is -4.07. The van der Waals surface area contributed by atoms with Gasteiger partial charge in [-0.2, -0.15) is 5.26 Å². The zero-order chi connectivity index (χ0) is 27.8. The van der Waals surface area contributed by atoms with Gasteiger partial charge in [0.1, 0.15) is 18.4 Å². The molecule has 206 valence electrons. The normalized spacial score (nSPS) is 18.7. The van der Waals surface area contributed by atoms with E-state index in [9.17, 15) is 23.2 Å². The van der Waals surface area contributed by atoms with Crippen LogP contribution >= 0.6 is 0 Å². The lowest BCUT2D eigenvalue weighted by Crippen LogP contribution is -2.43. The number of carbonyl (C=O) groups excluding carboxylic acids is 3. The first-order chi connectivity index (χ1) is 18.8. The molecule has 0 spiro atoms. The number of rotatable bonds is 9. The number of hydrogen-bond donors (Lipinski definition) is 2. The van der Waals surface area contributed by atoms with Gasteiger partial charge in [-0.05, 0) is 36.6 Å². The Morgan fingerprint density at radius 1 is 1.10 bits per heavy atom. The molecule has 1 aromatic carbocycles. The molecule has 1 aliphatic heterocycles. The first kappa shape index (κ1) is 28.0. The lowest BCUT2D eigenvalue weighted by atomic mass is 9.89. The highest BCUT2D eigenvalue weighted by Gasteiger charge is 2.47. The van der Waals surface area contributed by atoms with Gasteiger partial charge in [0.25, 0.3) is 11.8 Å². The highest BCUT2D eigenvalue weighted by atomic mass is 19.3. The second-order valence-electron chi connectivity index (χ2n) is 9.83. The Labute approximate surface area is 225 Å². The van der Waals surface area contributed by atoms with Gasteiger partial charge in [-0.3, -0.25) is 19.4 Å². The number of aromatic nitrogens is 1. The Bertz CT molecular complexity index is 1230. The molecule has 3 amide bonds. The van der Waals surface area contributed by atoms with Crippen molar-refractivity contribution in [3.8, 4) is 22.9 Å². The van der Waals surface area contributed by atoms with Crippen LogP contribution in [0.3, 0.4) is 0 Å². The van der Waals surface area contributed by atoms with Crippen LogP contribution in [0.1, 0.15) is 48.9 Å². The van der Waals surface area contributed by atoms with E-state index in [0.717, 1.165) is 30.6 Å². The third-order valence-corrected chi connectivity index (χ3v) is 7.02. The molecule has 11 heteroatoms. The zero-order valence-electron chi connectivity index (χ0n) is 21.5. The van der Waals surface area contributed by atoms with Crippen LogP contribution in [0.4, 0.5) is 8.78 Å². The molecule has 1 aromatic heterocycles. The molecule has 2 aromatic rings. The Morgan fingerprint density at radius 2 is 1.85 bits per heavy atom. The minimum Gasteiger partial charge on any atom is -0.492 e. The molecule has 39 heavy (non-hydrogen) atoms. The summed E-state index contributed by atoms with van der Waals surface area (Å²) in [6.07, 6.45) is 7.51. The molecule has 0 radical (unpaired) electrons. The average Bonchev–Trinajstić information content (AvgIpc) is 3.29. The van der Waals surface area contributed by atoms with E-state index in [-0.39, 0.29) is 17.4 Å². The first-order valence-corrected chi connectivity index (χ1v) is 13.1. The van der Waals surface area contributed by atoms with Crippen molar-refractivity contribution in [1.29, 1.82) is 5.26 Å². The predicted octanol–water partition coefficient (Wildman–Crippen LogP) is 3.31. The molecule has 9 nitrogen and oxygen atoms in total. The molecule has 0 bridgehead atoms. The van der Waals surface area contributed by atoms with Crippen molar-refractivity contribution in [2.75, 3.05) is 26.2 Å². The van der Waals surface area contributed by atoms with Gasteiger partial charge >= 0.3 is 0 Å². The van der Waals surface area contributed by atoms with Crippen LogP contribution in [0, 0.1) is 17.2 Å². The molecule has 2 heterocycles. The van der Waals surface area contributed by atoms with Crippen LogP contribution in [-0.2, 0) is 9.59 Å². The second-order valence-corrected chi connectivity index (χ2v) is 9.83. The molecule has 1 unspecified atom stereocenters. The molecule has 2 fully saturated rings. The Kier molecular flexibility index (Phi) is 9.07. The van der Waals surface area contributed by atoms with E-state index >= 15 is 0 Å². The molecule has 1 saturated heterocycles. The van der Waals surface area contributed by atoms with Crippen molar-refractivity contribution in [3.05, 3.63) is 48.3 Å². The molecule has 2 N–H and O–H groups in total. The van der Waals surface area contributed by atoms with Crippen molar-refractivity contribution in [3.63, 3.8) is 0 Å². The molecular weight excluding hydrogens is 508 g/mol. The summed E-state index contributed by atoms with van der Waals surface area (Å²) in [4.78, 5) is 42.4. The van der Waals surface area contributed by atoms with Crippen molar-refractivity contribution >= 4 is 17.7 Å². The quantitative estimate of drug-likeness (QED) is 0.471. The van der Waals surface area contributed by atoms with E-state index in [0.29, 0.717) is 30.0 Å². The van der Waals surface area contributed by atoms with Gasteiger partial charge in [-0.25, -0.2) is 8.78 Å². The average molecular weight is 540 g/mol. The smallest absolute Gasteiger partial charge is 0.268 e. The minimum atomic E-state index is -3.13. The number of ether oxygens (including phenoxy) is 1. The van der Waals surface area contributed by atoms with E-state index < -0.39 is 43.3 Å². The molecular formula is C28H31F2N5O4. The highest BCUT2D eigenvalue weighted by Crippen LogP contribution is 2.31. The Balaban J connectivity index is 1.30. The minimum absolute atomic E-state index is 0.0842. The summed E-state index contributed by atoms with van der Waals surface area (Å²) in [5, 5.41) is 14.5. The number of amides is 3. The number of hydrogen-bond acceptors (Lipinski definition) is 6. The number of pyridine rings is 1. The van der Waals surface area contributed by atoms with Gasteiger partial charge in [-0.1, -0.05) is 31.4 Å². The first-order valence-electron chi connectivity index (χ1n) is 13.1. The fourth-order valence-corrected chi connectivity index (χ4v) is 4.95. The monoisotopic (exact) mass is 539 g/mol. The maximum atomic E-state index is 13.6. The summed E-state index contributed by atoms with van der Waals surface area (Å²) in [5.41, 5.74) is 1.44. The summed E-state index contributed by atoms with van der Waals surface area (Å²) in [6.45, 7) is -0.629. The van der Waals surface area contributed by atoms with Crippen LogP contribution in [-0.4, -0.2) is 65.8 Å². The third kappa shape index (κ3) is 7.28. The second kappa shape index (κ2) is 12.7. The van der Waals surface area contributed by atoms with Crippen LogP contribution < -0.4 is 15.4 Å². The summed E-state index contributed by atoms with van der Waals surface area (Å²) in [6, 6.07) is 8.99. The predicted molar refractivity (Wildman–Crippen MR) is 138 cm³/mol. The van der Waals surface area contributed by atoms with E-state index in [2.05, 4.69) is 15.6 Å². The number of benzene rings is 1. The van der Waals surface area contributed by atoms with Crippen LogP contribution in [0.25, 0.3) is 11.1 Å². The van der Waals surface area contributed by atoms with E-state index in [1.807, 2.05) is 0 Å². The van der Waals surface area contributed by atoms with Crippen molar-refractivity contribution < 1.29 is 27.9 Å². The highest BCUT2D eigenvalue weighted by molar-refractivity contribution is 6.02. The van der Waals surface area contributed by atoms with Gasteiger partial charge in [0.15, 0.2) is 0 Å². The van der Waals surface area contributed by atoms with Crippen molar-refractivity contribution in [2.24, 2.45) is 5.92 Å². The number of nitrogens with zero attached hydrogens (tertiary/aromatic N) is 3. The lowest BCUT2D eigenvalue weighted by Gasteiger charge is -2.20. The van der Waals surface area contributed by atoms with Crippen LogP contribution in [0.5, 0.6) is 5.75 Å². The van der Waals surface area contributed by atoms with Gasteiger partial charge in [-0.15, -0.1) is 0 Å². The van der Waals surface area contributed by atoms with Crippen molar-refractivity contribution in [1.82, 2.24) is 20.5 Å². The molecule has 2 aliphatic rings. The molecule has 1 atom stereocenters. The maximum absolute atomic E-state index is 13.6. The number of carbonyl (C=O) groups is 3. The lowest BCUT2D eigenvalue weighted by molar-refractivity contribution is -0.131. The van der Waals surface area contributed by atoms with Gasteiger partial charge in [0.2, 0.25) is 11.8 Å². The summed E-state index contributed by atoms with van der Waals surface area (Å²) < 4.78 is 33.0. The summed E-state index contributed by atoms with van der Waals surface area (Å²) >= 11 is 0. The Morgan fingerprint density at radius 3 is 2.56 bits per heavy atom. The molecule has 4 rings (SSSR count). The van der Waals surface area contributed by atoms with Crippen molar-refractivity contribution in [2.45, 2.75) is 50.5 Å². The third-order valence-electron chi connectivity index (χ3n) is 7.02. The van der Waals surface area contributed by atoms with Crippen LogP contribution in [0.15, 0.2) is 42.7 Å². The number of alkyl halides is 2. The fourth-order valence-electron chi connectivity index (χ4n) is 4.95. The van der Waals surface area contributed by atoms with Gasteiger partial charge in [0, 0.05) is 30.3 Å². The number of nitriles is 1. The maximum Gasteiger partial charge on any atom is 0.268 e. The fraction of sp³-hybridized carbons (Fsp3) is 0.464. The SMILES string of the molecule is N#CC1CC(F)(F)CN1C(=O)CNC(=O)c1ccncc1-c1ccc(OCCNC(=O)C2CCCCC2)cc1. The van der Waals surface area contributed by atoms with Gasteiger partial charge in [0.05, 0.1) is 31.3 Å². The summed E-state index contributed by atoms with van der Waals surface area (Å²) in [5.74, 6) is -3.67.